The molecule has 0 bridgehead atoms. The molecule has 8 heteroatoms. The van der Waals surface area contributed by atoms with Crippen molar-refractivity contribution in [2.45, 2.75) is 32.4 Å². The highest BCUT2D eigenvalue weighted by atomic mass is 35.5. The van der Waals surface area contributed by atoms with Crippen LogP contribution in [0.1, 0.15) is 30.1 Å². The number of hydrogen-bond donors (Lipinski definition) is 2. The fourth-order valence-corrected chi connectivity index (χ4v) is 5.01. The number of benzene rings is 2. The zero-order valence-corrected chi connectivity index (χ0v) is 20.2. The maximum atomic E-state index is 13.2. The number of hydrogen-bond acceptors (Lipinski definition) is 4. The maximum absolute atomic E-state index is 13.2. The molecule has 5 rings (SSSR count). The number of piperidine rings is 1. The summed E-state index contributed by atoms with van der Waals surface area (Å²) in [5.41, 5.74) is 11.7. The van der Waals surface area contributed by atoms with Gasteiger partial charge in [-0.25, -0.2) is 4.98 Å². The second-order valence-electron chi connectivity index (χ2n) is 8.62. The monoisotopic (exact) mass is 466 g/mol. The molecule has 7 nitrogen and oxygen atoms in total. The molecule has 0 unspecified atom stereocenters. The lowest BCUT2D eigenvalue weighted by Gasteiger charge is -2.31. The molecule has 4 aromatic rings. The number of halogens is 1. The Balaban J connectivity index is 0.00000259. The van der Waals surface area contributed by atoms with Gasteiger partial charge in [-0.2, -0.15) is 0 Å². The zero-order chi connectivity index (χ0) is 22.4. The second kappa shape index (κ2) is 9.08. The van der Waals surface area contributed by atoms with Crippen molar-refractivity contribution in [2.75, 3.05) is 25.5 Å². The molecule has 2 aromatic heterocycles. The number of fused-ring (bicyclic) bond motifs is 2. The van der Waals surface area contributed by atoms with Crippen LogP contribution in [0.2, 0.25) is 0 Å². The van der Waals surface area contributed by atoms with E-state index in [2.05, 4.69) is 51.7 Å². The van der Waals surface area contributed by atoms with Crippen molar-refractivity contribution in [2.24, 2.45) is 12.8 Å². The quantitative estimate of drug-likeness (QED) is 0.471. The summed E-state index contributed by atoms with van der Waals surface area (Å²) in [6, 6.07) is 14.5. The molecule has 3 heterocycles. The summed E-state index contributed by atoms with van der Waals surface area (Å²) in [6.45, 7) is 4.36. The number of anilines is 1. The molecule has 0 aliphatic carbocycles. The van der Waals surface area contributed by atoms with Gasteiger partial charge in [0.25, 0.3) is 5.91 Å². The van der Waals surface area contributed by atoms with E-state index in [1.807, 2.05) is 31.1 Å². The molecule has 0 spiro atoms. The van der Waals surface area contributed by atoms with Crippen molar-refractivity contribution >= 4 is 45.9 Å². The summed E-state index contributed by atoms with van der Waals surface area (Å²) < 4.78 is 4.41. The van der Waals surface area contributed by atoms with Crippen LogP contribution >= 0.6 is 12.4 Å². The fraction of sp³-hybridized carbons (Fsp3) is 0.360. The minimum absolute atomic E-state index is 0. The van der Waals surface area contributed by atoms with E-state index < -0.39 is 0 Å². The van der Waals surface area contributed by atoms with Crippen LogP contribution < -0.4 is 11.1 Å². The Bertz CT molecular complexity index is 1320. The number of amides is 1. The lowest BCUT2D eigenvalue weighted by atomic mass is 10.0. The SMILES string of the molecule is CCn1c(-c2nc3cc(C(=O)N4CCC[C@@H](N)C4)cc(NC)c3n2C)cc2ccccc21.Cl. The smallest absolute Gasteiger partial charge is 0.254 e. The van der Waals surface area contributed by atoms with E-state index in [0.29, 0.717) is 12.1 Å². The third kappa shape index (κ3) is 3.85. The van der Waals surface area contributed by atoms with Gasteiger partial charge in [0.2, 0.25) is 0 Å². The van der Waals surface area contributed by atoms with E-state index >= 15 is 0 Å². The Morgan fingerprint density at radius 3 is 2.76 bits per heavy atom. The number of nitrogens with two attached hydrogens (primary N) is 1. The Morgan fingerprint density at radius 2 is 2.03 bits per heavy atom. The summed E-state index contributed by atoms with van der Waals surface area (Å²) in [5.74, 6) is 0.910. The van der Waals surface area contributed by atoms with E-state index in [1.165, 1.54) is 10.9 Å². The molecule has 33 heavy (non-hydrogen) atoms. The number of nitrogens with one attached hydrogen (secondary N) is 1. The Labute approximate surface area is 200 Å². The van der Waals surface area contributed by atoms with Gasteiger partial charge in [-0.05, 0) is 44.0 Å². The molecule has 1 atom stereocenters. The number of likely N-dealkylation sites (tertiary alicyclic amines) is 1. The van der Waals surface area contributed by atoms with Gasteiger partial charge in [0.15, 0.2) is 5.82 Å². The van der Waals surface area contributed by atoms with Gasteiger partial charge in [-0.15, -0.1) is 12.4 Å². The molecule has 2 aromatic carbocycles. The number of nitrogens with zero attached hydrogens (tertiary/aromatic N) is 4. The molecule has 0 saturated carbocycles. The third-order valence-electron chi connectivity index (χ3n) is 6.59. The first-order valence-corrected chi connectivity index (χ1v) is 11.3. The van der Waals surface area contributed by atoms with Gasteiger partial charge in [0.05, 0.1) is 22.4 Å². The van der Waals surface area contributed by atoms with Crippen molar-refractivity contribution in [3.8, 4) is 11.5 Å². The van der Waals surface area contributed by atoms with Crippen LogP contribution in [0.3, 0.4) is 0 Å². The van der Waals surface area contributed by atoms with Crippen molar-refractivity contribution < 1.29 is 4.79 Å². The topological polar surface area (TPSA) is 81.1 Å². The Kier molecular flexibility index (Phi) is 6.36. The largest absolute Gasteiger partial charge is 0.386 e. The number of aromatic nitrogens is 3. The average Bonchev–Trinajstić information content (AvgIpc) is 3.35. The summed E-state index contributed by atoms with van der Waals surface area (Å²) in [6.07, 6.45) is 1.92. The number of para-hydroxylation sites is 1. The number of aryl methyl sites for hydroxylation is 2. The van der Waals surface area contributed by atoms with Gasteiger partial charge >= 0.3 is 0 Å². The van der Waals surface area contributed by atoms with Crippen molar-refractivity contribution in [1.29, 1.82) is 0 Å². The molecule has 174 valence electrons. The molecule has 3 N–H and O–H groups in total. The first kappa shape index (κ1) is 23.1. The van der Waals surface area contributed by atoms with E-state index in [0.717, 1.165) is 54.2 Å². The summed E-state index contributed by atoms with van der Waals surface area (Å²) in [7, 11) is 3.92. The van der Waals surface area contributed by atoms with E-state index in [1.54, 1.807) is 0 Å². The predicted octanol–water partition coefficient (Wildman–Crippen LogP) is 4.24. The number of carbonyl (C=O) groups is 1. The minimum Gasteiger partial charge on any atom is -0.386 e. The zero-order valence-electron chi connectivity index (χ0n) is 19.3. The van der Waals surface area contributed by atoms with Crippen LogP contribution in [0.15, 0.2) is 42.5 Å². The molecular formula is C25H31ClN6O. The van der Waals surface area contributed by atoms with Crippen LogP contribution in [0, 0.1) is 0 Å². The van der Waals surface area contributed by atoms with Crippen molar-refractivity contribution in [3.05, 3.63) is 48.0 Å². The molecular weight excluding hydrogens is 436 g/mol. The minimum atomic E-state index is 0. The fourth-order valence-electron chi connectivity index (χ4n) is 5.01. The molecule has 1 aliphatic rings. The number of carbonyl (C=O) groups excluding carboxylic acids is 1. The average molecular weight is 467 g/mol. The van der Waals surface area contributed by atoms with Gasteiger partial charge in [-0.1, -0.05) is 18.2 Å². The lowest BCUT2D eigenvalue weighted by molar-refractivity contribution is 0.0709. The standard InChI is InChI=1S/C25H30N6O.ClH/c1-4-31-21-10-6-5-8-16(21)14-22(31)24-28-20-13-17(12-19(27-2)23(20)29(24)3)25(32)30-11-7-9-18(26)15-30;/h5-6,8,10,12-14,18,27H,4,7,9,11,15,26H2,1-3H3;1H/t18-;/m1./s1. The maximum Gasteiger partial charge on any atom is 0.254 e. The van der Waals surface area contributed by atoms with E-state index in [4.69, 9.17) is 10.7 Å². The van der Waals surface area contributed by atoms with Crippen molar-refractivity contribution in [3.63, 3.8) is 0 Å². The first-order valence-electron chi connectivity index (χ1n) is 11.3. The summed E-state index contributed by atoms with van der Waals surface area (Å²) in [4.78, 5) is 20.1. The van der Waals surface area contributed by atoms with Crippen LogP contribution in [-0.2, 0) is 13.6 Å². The normalized spacial score (nSPS) is 16.2. The summed E-state index contributed by atoms with van der Waals surface area (Å²) >= 11 is 0. The molecule has 0 radical (unpaired) electrons. The molecule has 1 fully saturated rings. The molecule has 1 amide bonds. The van der Waals surface area contributed by atoms with Gasteiger partial charge in [0.1, 0.15) is 0 Å². The number of rotatable bonds is 4. The Hall–Kier alpha value is -3.03. The van der Waals surface area contributed by atoms with Crippen LogP contribution in [-0.4, -0.2) is 51.1 Å². The lowest BCUT2D eigenvalue weighted by Crippen LogP contribution is -2.45. The van der Waals surface area contributed by atoms with Crippen LogP contribution in [0.4, 0.5) is 5.69 Å². The van der Waals surface area contributed by atoms with Gasteiger partial charge in [0, 0.05) is 56.2 Å². The molecule has 1 saturated heterocycles. The highest BCUT2D eigenvalue weighted by molar-refractivity contribution is 6.02. The van der Waals surface area contributed by atoms with Crippen LogP contribution in [0.5, 0.6) is 0 Å². The predicted molar refractivity (Wildman–Crippen MR) is 137 cm³/mol. The molecule has 1 aliphatic heterocycles. The van der Waals surface area contributed by atoms with Crippen molar-refractivity contribution in [1.82, 2.24) is 19.0 Å². The highest BCUT2D eigenvalue weighted by Gasteiger charge is 2.25. The second-order valence-corrected chi connectivity index (χ2v) is 8.62. The van der Waals surface area contributed by atoms with E-state index in [9.17, 15) is 4.79 Å². The number of imidazole rings is 1. The highest BCUT2D eigenvalue weighted by Crippen LogP contribution is 2.33. The van der Waals surface area contributed by atoms with E-state index in [-0.39, 0.29) is 24.4 Å². The Morgan fingerprint density at radius 1 is 1.24 bits per heavy atom. The van der Waals surface area contributed by atoms with Gasteiger partial charge in [-0.3, -0.25) is 4.79 Å². The first-order chi connectivity index (χ1) is 15.5. The third-order valence-corrected chi connectivity index (χ3v) is 6.59. The van der Waals surface area contributed by atoms with Gasteiger partial charge < -0.3 is 25.1 Å². The van der Waals surface area contributed by atoms with Crippen LogP contribution in [0.25, 0.3) is 33.5 Å². The summed E-state index contributed by atoms with van der Waals surface area (Å²) in [5, 5.41) is 4.47.